The van der Waals surface area contributed by atoms with Crippen molar-refractivity contribution in [3.63, 3.8) is 0 Å². The van der Waals surface area contributed by atoms with Gasteiger partial charge in [-0.1, -0.05) is 48.5 Å². The topological polar surface area (TPSA) is 66.9 Å². The average molecular weight is 348 g/mol. The molecule has 1 aliphatic rings. The summed E-state index contributed by atoms with van der Waals surface area (Å²) in [4.78, 5) is 20.1. The fraction of sp³-hybridized carbons (Fsp3) is 0.150. The molecule has 3 aromatic rings. The second-order valence-corrected chi connectivity index (χ2v) is 6.11. The van der Waals surface area contributed by atoms with Crippen molar-refractivity contribution in [1.29, 1.82) is 0 Å². The zero-order valence-electron chi connectivity index (χ0n) is 13.9. The van der Waals surface area contributed by atoms with E-state index < -0.39 is 0 Å². The molecule has 0 spiro atoms. The number of carbonyl (C=O) groups is 1. The Hall–Kier alpha value is -3.28. The van der Waals surface area contributed by atoms with Crippen molar-refractivity contribution in [3.05, 3.63) is 66.7 Å². The van der Waals surface area contributed by atoms with Gasteiger partial charge in [0, 0.05) is 35.6 Å². The normalized spacial score (nSPS) is 16.3. The van der Waals surface area contributed by atoms with E-state index in [9.17, 15) is 9.18 Å². The van der Waals surface area contributed by atoms with Gasteiger partial charge in [-0.3, -0.25) is 4.79 Å². The smallest absolute Gasteiger partial charge is 0.242 e. The second-order valence-electron chi connectivity index (χ2n) is 6.11. The van der Waals surface area contributed by atoms with Crippen molar-refractivity contribution in [1.82, 2.24) is 15.3 Å². The SMILES string of the molecule is O=C1NCC[C@@H]1Nc1ncc(-c2cccc(-c3ccccc3)c2F)cn1. The number of halogens is 1. The van der Waals surface area contributed by atoms with Crippen LogP contribution in [-0.4, -0.2) is 28.5 Å². The van der Waals surface area contributed by atoms with Gasteiger partial charge in [0.25, 0.3) is 0 Å². The first-order valence-electron chi connectivity index (χ1n) is 8.43. The van der Waals surface area contributed by atoms with Crippen LogP contribution in [0, 0.1) is 5.82 Å². The highest BCUT2D eigenvalue weighted by Gasteiger charge is 2.24. The third-order valence-electron chi connectivity index (χ3n) is 4.40. The third-order valence-corrected chi connectivity index (χ3v) is 4.40. The summed E-state index contributed by atoms with van der Waals surface area (Å²) in [6.45, 7) is 0.645. The second kappa shape index (κ2) is 6.92. The Bertz CT molecular complexity index is 928. The number of nitrogens with one attached hydrogen (secondary N) is 2. The molecular weight excluding hydrogens is 331 g/mol. The van der Waals surface area contributed by atoms with E-state index in [4.69, 9.17) is 0 Å². The van der Waals surface area contributed by atoms with Crippen molar-refractivity contribution < 1.29 is 9.18 Å². The quantitative estimate of drug-likeness (QED) is 0.760. The molecule has 4 rings (SSSR count). The van der Waals surface area contributed by atoms with E-state index in [2.05, 4.69) is 20.6 Å². The van der Waals surface area contributed by atoms with Crippen molar-refractivity contribution in [3.8, 4) is 22.3 Å². The van der Waals surface area contributed by atoms with Crippen LogP contribution in [-0.2, 0) is 4.79 Å². The molecule has 1 amide bonds. The van der Waals surface area contributed by atoms with Crippen LogP contribution in [0.4, 0.5) is 10.3 Å². The summed E-state index contributed by atoms with van der Waals surface area (Å²) in [5.41, 5.74) is 2.38. The number of benzene rings is 2. The molecule has 6 heteroatoms. The number of anilines is 1. The summed E-state index contributed by atoms with van der Waals surface area (Å²) in [7, 11) is 0. The minimum absolute atomic E-state index is 0.0562. The van der Waals surface area contributed by atoms with Gasteiger partial charge in [0.05, 0.1) is 0 Å². The van der Waals surface area contributed by atoms with Gasteiger partial charge in [0.15, 0.2) is 0 Å². The van der Waals surface area contributed by atoms with Gasteiger partial charge in [-0.05, 0) is 12.0 Å². The summed E-state index contributed by atoms with van der Waals surface area (Å²) in [5.74, 6) is -0.00659. The summed E-state index contributed by atoms with van der Waals surface area (Å²) in [6.07, 6.45) is 3.82. The Balaban J connectivity index is 1.61. The highest BCUT2D eigenvalue weighted by Crippen LogP contribution is 2.30. The minimum atomic E-state index is -0.320. The molecule has 1 aromatic heterocycles. The first-order valence-corrected chi connectivity index (χ1v) is 8.43. The maximum Gasteiger partial charge on any atom is 0.242 e. The maximum absolute atomic E-state index is 15.0. The molecule has 2 heterocycles. The molecule has 0 saturated carbocycles. The molecule has 1 fully saturated rings. The van der Waals surface area contributed by atoms with Gasteiger partial charge in [0.1, 0.15) is 11.9 Å². The van der Waals surface area contributed by atoms with Crippen LogP contribution >= 0.6 is 0 Å². The lowest BCUT2D eigenvalue weighted by Crippen LogP contribution is -2.30. The van der Waals surface area contributed by atoms with Crippen LogP contribution < -0.4 is 10.6 Å². The Morgan fingerprint density at radius 3 is 2.31 bits per heavy atom. The molecule has 2 aromatic carbocycles. The standard InChI is InChI=1S/C20H17FN4O/c21-18-15(13-5-2-1-3-6-13)7-4-8-16(18)14-11-23-20(24-12-14)25-17-9-10-22-19(17)26/h1-8,11-12,17H,9-10H2,(H,22,26)(H,23,24,25)/t17-/m0/s1. The highest BCUT2D eigenvalue weighted by atomic mass is 19.1. The molecule has 0 unspecified atom stereocenters. The van der Waals surface area contributed by atoms with Crippen LogP contribution in [0.3, 0.4) is 0 Å². The van der Waals surface area contributed by atoms with Crippen molar-refractivity contribution in [2.75, 3.05) is 11.9 Å². The lowest BCUT2D eigenvalue weighted by atomic mass is 9.99. The van der Waals surface area contributed by atoms with Gasteiger partial charge in [-0.25, -0.2) is 14.4 Å². The fourth-order valence-corrected chi connectivity index (χ4v) is 3.02. The molecule has 26 heavy (non-hydrogen) atoms. The van der Waals surface area contributed by atoms with Crippen LogP contribution in [0.2, 0.25) is 0 Å². The zero-order valence-corrected chi connectivity index (χ0v) is 13.9. The fourth-order valence-electron chi connectivity index (χ4n) is 3.02. The molecule has 0 bridgehead atoms. The summed E-state index contributed by atoms with van der Waals surface area (Å²) < 4.78 is 15.0. The predicted molar refractivity (Wildman–Crippen MR) is 97.9 cm³/mol. The van der Waals surface area contributed by atoms with Crippen LogP contribution in [0.15, 0.2) is 60.9 Å². The molecule has 0 radical (unpaired) electrons. The maximum atomic E-state index is 15.0. The lowest BCUT2D eigenvalue weighted by molar-refractivity contribution is -0.119. The highest BCUT2D eigenvalue weighted by molar-refractivity contribution is 5.86. The first kappa shape index (κ1) is 16.2. The number of amides is 1. The molecule has 2 N–H and O–H groups in total. The molecule has 1 atom stereocenters. The van der Waals surface area contributed by atoms with E-state index in [0.29, 0.717) is 35.6 Å². The van der Waals surface area contributed by atoms with E-state index in [1.807, 2.05) is 36.4 Å². The third kappa shape index (κ3) is 3.13. The van der Waals surface area contributed by atoms with E-state index >= 15 is 0 Å². The lowest BCUT2D eigenvalue weighted by Gasteiger charge is -2.11. The Kier molecular flexibility index (Phi) is 4.31. The predicted octanol–water partition coefficient (Wildman–Crippen LogP) is 3.25. The number of hydrogen-bond acceptors (Lipinski definition) is 4. The van der Waals surface area contributed by atoms with E-state index in [1.54, 1.807) is 24.5 Å². The monoisotopic (exact) mass is 348 g/mol. The number of rotatable bonds is 4. The zero-order chi connectivity index (χ0) is 17.9. The molecule has 0 aliphatic carbocycles. The Labute approximate surface area is 150 Å². The Morgan fingerprint density at radius 2 is 1.65 bits per heavy atom. The average Bonchev–Trinajstić information content (AvgIpc) is 3.08. The van der Waals surface area contributed by atoms with Crippen LogP contribution in [0.1, 0.15) is 6.42 Å². The van der Waals surface area contributed by atoms with Gasteiger partial charge in [0.2, 0.25) is 11.9 Å². The largest absolute Gasteiger partial charge is 0.354 e. The van der Waals surface area contributed by atoms with Crippen molar-refractivity contribution >= 4 is 11.9 Å². The molecular formula is C20H17FN4O. The number of nitrogens with zero attached hydrogens (tertiary/aromatic N) is 2. The first-order chi connectivity index (χ1) is 12.7. The van der Waals surface area contributed by atoms with Crippen molar-refractivity contribution in [2.24, 2.45) is 0 Å². The van der Waals surface area contributed by atoms with Crippen LogP contribution in [0.25, 0.3) is 22.3 Å². The van der Waals surface area contributed by atoms with E-state index in [0.717, 1.165) is 5.56 Å². The Morgan fingerprint density at radius 1 is 0.962 bits per heavy atom. The summed E-state index contributed by atoms with van der Waals surface area (Å²) in [6, 6.07) is 14.4. The van der Waals surface area contributed by atoms with Gasteiger partial charge < -0.3 is 10.6 Å². The van der Waals surface area contributed by atoms with Crippen LogP contribution in [0.5, 0.6) is 0 Å². The summed E-state index contributed by atoms with van der Waals surface area (Å²) >= 11 is 0. The minimum Gasteiger partial charge on any atom is -0.354 e. The van der Waals surface area contributed by atoms with Gasteiger partial charge in [-0.2, -0.15) is 0 Å². The molecule has 5 nitrogen and oxygen atoms in total. The molecule has 1 saturated heterocycles. The molecule has 1 aliphatic heterocycles. The number of hydrogen-bond donors (Lipinski definition) is 2. The van der Waals surface area contributed by atoms with Crippen molar-refractivity contribution in [2.45, 2.75) is 12.5 Å². The van der Waals surface area contributed by atoms with E-state index in [1.165, 1.54) is 0 Å². The number of aromatic nitrogens is 2. The van der Waals surface area contributed by atoms with E-state index in [-0.39, 0.29) is 17.8 Å². The molecule has 130 valence electrons. The number of carbonyl (C=O) groups excluding carboxylic acids is 1. The van der Waals surface area contributed by atoms with Gasteiger partial charge >= 0.3 is 0 Å². The summed E-state index contributed by atoms with van der Waals surface area (Å²) in [5, 5.41) is 5.74. The van der Waals surface area contributed by atoms with Gasteiger partial charge in [-0.15, -0.1) is 0 Å².